The number of H-pyrrole nitrogens is 1. The summed E-state index contributed by atoms with van der Waals surface area (Å²) in [6, 6.07) is 12.9. The van der Waals surface area contributed by atoms with E-state index in [4.69, 9.17) is 5.73 Å². The number of nitrogens with one attached hydrogen (secondary N) is 3. The number of hydrogen-bond acceptors (Lipinski definition) is 4. The number of carbonyl (C=O) groups excluding carboxylic acids is 2. The molecule has 3 rings (SSSR count). The first-order valence-corrected chi connectivity index (χ1v) is 8.90. The van der Waals surface area contributed by atoms with Gasteiger partial charge in [-0.3, -0.25) is 9.59 Å². The minimum atomic E-state index is -0.260. The summed E-state index contributed by atoms with van der Waals surface area (Å²) in [5.41, 5.74) is 9.30. The fraction of sp³-hybridized carbons (Fsp3) is 0.250. The van der Waals surface area contributed by atoms with E-state index in [9.17, 15) is 9.59 Å². The molecule has 0 aliphatic rings. The van der Waals surface area contributed by atoms with E-state index in [1.807, 2.05) is 25.1 Å². The van der Waals surface area contributed by atoms with Gasteiger partial charge in [-0.15, -0.1) is 24.8 Å². The quantitative estimate of drug-likeness (QED) is 0.454. The Bertz CT molecular complexity index is 974. The molecule has 2 aromatic carbocycles. The summed E-state index contributed by atoms with van der Waals surface area (Å²) in [6.45, 7) is 2.75. The molecular formula is C20H25Cl2N5O2. The molecule has 3 aromatic rings. The molecule has 0 saturated heterocycles. The molecule has 0 atom stereocenters. The van der Waals surface area contributed by atoms with Gasteiger partial charge < -0.3 is 21.4 Å². The lowest BCUT2D eigenvalue weighted by Crippen LogP contribution is -2.30. The summed E-state index contributed by atoms with van der Waals surface area (Å²) in [6.07, 6.45) is 0.749. The molecule has 0 saturated carbocycles. The van der Waals surface area contributed by atoms with Gasteiger partial charge in [0.2, 0.25) is 5.91 Å². The van der Waals surface area contributed by atoms with Gasteiger partial charge >= 0.3 is 0 Å². The van der Waals surface area contributed by atoms with E-state index in [2.05, 4.69) is 20.6 Å². The molecule has 0 aliphatic heterocycles. The van der Waals surface area contributed by atoms with Gasteiger partial charge in [-0.25, -0.2) is 4.98 Å². The minimum Gasteiger partial charge on any atom is -0.351 e. The maximum atomic E-state index is 12.4. The zero-order chi connectivity index (χ0) is 19.2. The van der Waals surface area contributed by atoms with Crippen molar-refractivity contribution in [2.24, 2.45) is 5.73 Å². The zero-order valence-electron chi connectivity index (χ0n) is 16.0. The molecule has 0 radical (unpaired) electrons. The maximum Gasteiger partial charge on any atom is 0.253 e. The number of aromatic amines is 1. The van der Waals surface area contributed by atoms with Crippen LogP contribution in [0.4, 0.5) is 5.69 Å². The molecule has 0 unspecified atom stereocenters. The van der Waals surface area contributed by atoms with Gasteiger partial charge in [0.25, 0.3) is 5.91 Å². The predicted octanol–water partition coefficient (Wildman–Crippen LogP) is 2.97. The van der Waals surface area contributed by atoms with Gasteiger partial charge in [0.05, 0.1) is 22.3 Å². The van der Waals surface area contributed by atoms with E-state index in [0.29, 0.717) is 30.8 Å². The second kappa shape index (κ2) is 11.4. The Morgan fingerprint density at radius 3 is 2.59 bits per heavy atom. The van der Waals surface area contributed by atoms with Crippen LogP contribution in [0.25, 0.3) is 11.0 Å². The molecule has 5 N–H and O–H groups in total. The molecule has 0 fully saturated rings. The lowest BCUT2D eigenvalue weighted by Gasteiger charge is -2.11. The summed E-state index contributed by atoms with van der Waals surface area (Å²) in [5, 5.41) is 5.52. The van der Waals surface area contributed by atoms with Crippen LogP contribution in [0.1, 0.15) is 28.2 Å². The number of rotatable bonds is 7. The highest BCUT2D eigenvalue weighted by atomic mass is 35.5. The molecule has 9 heteroatoms. The Morgan fingerprint density at radius 1 is 1.10 bits per heavy atom. The SMILES string of the molecule is Cc1cccc2[nH]c(CCC(=O)Nc3ccccc3C(=O)NCCN)nc12.Cl.Cl. The van der Waals surface area contributed by atoms with Crippen molar-refractivity contribution >= 4 is 53.3 Å². The largest absolute Gasteiger partial charge is 0.351 e. The molecule has 7 nitrogen and oxygen atoms in total. The van der Waals surface area contributed by atoms with Crippen molar-refractivity contribution in [1.82, 2.24) is 15.3 Å². The first kappa shape index (κ1) is 24.4. The third-order valence-corrected chi connectivity index (χ3v) is 4.23. The van der Waals surface area contributed by atoms with Crippen molar-refractivity contribution < 1.29 is 9.59 Å². The number of imidazole rings is 1. The number of anilines is 1. The molecule has 0 aliphatic carbocycles. The third kappa shape index (κ3) is 6.19. The number of aromatic nitrogens is 2. The average Bonchev–Trinajstić information content (AvgIpc) is 3.09. The third-order valence-electron chi connectivity index (χ3n) is 4.23. The normalized spacial score (nSPS) is 10.0. The van der Waals surface area contributed by atoms with E-state index in [-0.39, 0.29) is 43.0 Å². The zero-order valence-corrected chi connectivity index (χ0v) is 17.7. The number of amides is 2. The molecule has 0 bridgehead atoms. The van der Waals surface area contributed by atoms with Crippen LogP contribution in [-0.2, 0) is 11.2 Å². The number of aryl methyl sites for hydroxylation is 2. The van der Waals surface area contributed by atoms with Crippen LogP contribution < -0.4 is 16.4 Å². The summed E-state index contributed by atoms with van der Waals surface area (Å²) in [7, 11) is 0. The Balaban J connectivity index is 0.00000210. The van der Waals surface area contributed by atoms with Crippen LogP contribution in [-0.4, -0.2) is 34.9 Å². The number of para-hydroxylation sites is 2. The van der Waals surface area contributed by atoms with Gasteiger partial charge in [-0.1, -0.05) is 24.3 Å². The van der Waals surface area contributed by atoms with Crippen LogP contribution in [0.5, 0.6) is 0 Å². The molecule has 2 amide bonds. The van der Waals surface area contributed by atoms with Crippen LogP contribution >= 0.6 is 24.8 Å². The summed E-state index contributed by atoms with van der Waals surface area (Å²) in [4.78, 5) is 32.3. The van der Waals surface area contributed by atoms with Crippen LogP contribution in [0, 0.1) is 6.92 Å². The Hall–Kier alpha value is -2.61. The second-order valence-electron chi connectivity index (χ2n) is 6.29. The highest BCUT2D eigenvalue weighted by molar-refractivity contribution is 6.03. The van der Waals surface area contributed by atoms with Gasteiger partial charge in [0.1, 0.15) is 5.82 Å². The van der Waals surface area contributed by atoms with Gasteiger partial charge in [0.15, 0.2) is 0 Å². The fourth-order valence-electron chi connectivity index (χ4n) is 2.86. The van der Waals surface area contributed by atoms with E-state index >= 15 is 0 Å². The summed E-state index contributed by atoms with van der Waals surface area (Å²) in [5.74, 6) is 0.332. The van der Waals surface area contributed by atoms with Crippen LogP contribution in [0.3, 0.4) is 0 Å². The van der Waals surface area contributed by atoms with Gasteiger partial charge in [-0.05, 0) is 30.7 Å². The Morgan fingerprint density at radius 2 is 1.86 bits per heavy atom. The lowest BCUT2D eigenvalue weighted by molar-refractivity contribution is -0.116. The maximum absolute atomic E-state index is 12.4. The van der Waals surface area contributed by atoms with E-state index in [0.717, 1.165) is 22.4 Å². The smallest absolute Gasteiger partial charge is 0.253 e. The highest BCUT2D eigenvalue weighted by Crippen LogP contribution is 2.17. The number of hydrogen-bond donors (Lipinski definition) is 4. The minimum absolute atomic E-state index is 0. The lowest BCUT2D eigenvalue weighted by atomic mass is 10.1. The Kier molecular flexibility index (Phi) is 9.61. The number of fused-ring (bicyclic) bond motifs is 1. The van der Waals surface area contributed by atoms with Crippen molar-refractivity contribution in [3.05, 3.63) is 59.4 Å². The fourth-order valence-corrected chi connectivity index (χ4v) is 2.86. The number of nitrogens with zero attached hydrogens (tertiary/aromatic N) is 1. The summed E-state index contributed by atoms with van der Waals surface area (Å²) >= 11 is 0. The molecule has 1 aromatic heterocycles. The topological polar surface area (TPSA) is 113 Å². The first-order valence-electron chi connectivity index (χ1n) is 8.90. The van der Waals surface area contributed by atoms with E-state index in [1.54, 1.807) is 24.3 Å². The molecule has 1 heterocycles. The van der Waals surface area contributed by atoms with Crippen LogP contribution in [0.2, 0.25) is 0 Å². The molecule has 156 valence electrons. The van der Waals surface area contributed by atoms with Crippen molar-refractivity contribution in [3.8, 4) is 0 Å². The Labute approximate surface area is 181 Å². The van der Waals surface area contributed by atoms with Crippen molar-refractivity contribution in [2.45, 2.75) is 19.8 Å². The predicted molar refractivity (Wildman–Crippen MR) is 120 cm³/mol. The average molecular weight is 438 g/mol. The van der Waals surface area contributed by atoms with E-state index in [1.165, 1.54) is 0 Å². The van der Waals surface area contributed by atoms with Gasteiger partial charge in [0, 0.05) is 25.9 Å². The number of nitrogens with two attached hydrogens (primary N) is 1. The molecule has 29 heavy (non-hydrogen) atoms. The van der Waals surface area contributed by atoms with Gasteiger partial charge in [-0.2, -0.15) is 0 Å². The monoisotopic (exact) mass is 437 g/mol. The van der Waals surface area contributed by atoms with E-state index < -0.39 is 0 Å². The van der Waals surface area contributed by atoms with Crippen molar-refractivity contribution in [1.29, 1.82) is 0 Å². The standard InChI is InChI=1S/C20H23N5O2.2ClH/c1-13-5-4-8-16-19(13)25-17(23-16)9-10-18(26)24-15-7-3-2-6-14(15)20(27)22-12-11-21;;/h2-8H,9-12,21H2,1H3,(H,22,27)(H,23,25)(H,24,26);2*1H. The highest BCUT2D eigenvalue weighted by Gasteiger charge is 2.13. The molecule has 0 spiro atoms. The number of benzene rings is 2. The summed E-state index contributed by atoms with van der Waals surface area (Å²) < 4.78 is 0. The second-order valence-corrected chi connectivity index (χ2v) is 6.29. The number of halogens is 2. The number of carbonyl (C=O) groups is 2. The van der Waals surface area contributed by atoms with Crippen LogP contribution in [0.15, 0.2) is 42.5 Å². The molecular weight excluding hydrogens is 413 g/mol. The van der Waals surface area contributed by atoms with Crippen molar-refractivity contribution in [3.63, 3.8) is 0 Å². The first-order chi connectivity index (χ1) is 13.1. The van der Waals surface area contributed by atoms with Crippen molar-refractivity contribution in [2.75, 3.05) is 18.4 Å².